The minimum absolute atomic E-state index is 0.0363. The second-order valence-electron chi connectivity index (χ2n) is 7.09. The number of halogens is 3. The summed E-state index contributed by atoms with van der Waals surface area (Å²) in [5.74, 6) is 0.0523. The zero-order chi connectivity index (χ0) is 19.0. The van der Waals surface area contributed by atoms with Gasteiger partial charge in [0.25, 0.3) is 0 Å². The van der Waals surface area contributed by atoms with Crippen LogP contribution in [-0.2, 0) is 0 Å². The van der Waals surface area contributed by atoms with Crippen molar-refractivity contribution in [3.05, 3.63) is 46.5 Å². The number of hydrogen-bond acceptors (Lipinski definition) is 3. The molecule has 2 aromatic rings. The van der Waals surface area contributed by atoms with Gasteiger partial charge in [-0.3, -0.25) is 0 Å². The number of rotatable bonds is 5. The summed E-state index contributed by atoms with van der Waals surface area (Å²) in [4.78, 5) is 0. The van der Waals surface area contributed by atoms with Gasteiger partial charge in [-0.25, -0.2) is 8.78 Å². The van der Waals surface area contributed by atoms with E-state index in [1.807, 2.05) is 6.07 Å². The van der Waals surface area contributed by atoms with E-state index in [2.05, 4.69) is 12.2 Å². The van der Waals surface area contributed by atoms with Gasteiger partial charge >= 0.3 is 0 Å². The van der Waals surface area contributed by atoms with Crippen LogP contribution in [0, 0.1) is 11.6 Å². The van der Waals surface area contributed by atoms with E-state index in [0.717, 1.165) is 50.0 Å². The fourth-order valence-corrected chi connectivity index (χ4v) is 4.05. The Kier molecular flexibility index (Phi) is 5.24. The lowest BCUT2D eigenvalue weighted by molar-refractivity contribution is 0.165. The minimum Gasteiger partial charge on any atom is -0.490 e. The van der Waals surface area contributed by atoms with Crippen molar-refractivity contribution in [2.45, 2.75) is 38.2 Å². The number of unbranched alkanes of at least 4 members (excludes halogenated alkanes) is 1. The van der Waals surface area contributed by atoms with E-state index in [-0.39, 0.29) is 22.6 Å². The van der Waals surface area contributed by atoms with Crippen molar-refractivity contribution < 1.29 is 18.3 Å². The molecule has 0 saturated carbocycles. The third kappa shape index (κ3) is 3.50. The van der Waals surface area contributed by atoms with Gasteiger partial charge in [0.15, 0.2) is 11.5 Å². The molecular formula is C21H22ClF2NO2. The molecule has 3 nitrogen and oxygen atoms in total. The highest BCUT2D eigenvalue weighted by atomic mass is 35.5. The Balaban J connectivity index is 1.81. The number of benzene rings is 2. The SMILES string of the molecule is CCCCOc1cc(-c2c(F)cc(Cl)cc2F)cc2c1OC1CCNCC21. The first kappa shape index (κ1) is 18.5. The summed E-state index contributed by atoms with van der Waals surface area (Å²) in [5.41, 5.74) is 1.31. The molecule has 1 saturated heterocycles. The molecule has 2 heterocycles. The van der Waals surface area contributed by atoms with E-state index >= 15 is 0 Å². The molecule has 2 aliphatic rings. The first-order valence-electron chi connectivity index (χ1n) is 9.41. The summed E-state index contributed by atoms with van der Waals surface area (Å²) in [6, 6.07) is 5.77. The molecule has 4 rings (SSSR count). The van der Waals surface area contributed by atoms with Crippen LogP contribution in [0.4, 0.5) is 8.78 Å². The van der Waals surface area contributed by atoms with E-state index < -0.39 is 11.6 Å². The van der Waals surface area contributed by atoms with Crippen LogP contribution in [-0.4, -0.2) is 25.8 Å². The van der Waals surface area contributed by atoms with E-state index in [4.69, 9.17) is 21.1 Å². The highest BCUT2D eigenvalue weighted by molar-refractivity contribution is 6.30. The Morgan fingerprint density at radius 1 is 1.22 bits per heavy atom. The highest BCUT2D eigenvalue weighted by Gasteiger charge is 2.38. The fraction of sp³-hybridized carbons (Fsp3) is 0.429. The summed E-state index contributed by atoms with van der Waals surface area (Å²) in [6.07, 6.45) is 2.87. The van der Waals surface area contributed by atoms with Gasteiger partial charge in [-0.1, -0.05) is 24.9 Å². The van der Waals surface area contributed by atoms with Gasteiger partial charge in [-0.2, -0.15) is 0 Å². The van der Waals surface area contributed by atoms with Crippen LogP contribution in [0.15, 0.2) is 24.3 Å². The molecule has 144 valence electrons. The highest BCUT2D eigenvalue weighted by Crippen LogP contribution is 2.48. The number of ether oxygens (including phenoxy) is 2. The first-order valence-corrected chi connectivity index (χ1v) is 9.79. The molecule has 0 spiro atoms. The van der Waals surface area contributed by atoms with E-state index in [1.165, 1.54) is 0 Å². The average Bonchev–Trinajstić information content (AvgIpc) is 3.00. The molecule has 0 aromatic heterocycles. The molecule has 2 aliphatic heterocycles. The fourth-order valence-electron chi connectivity index (χ4n) is 3.86. The molecular weight excluding hydrogens is 372 g/mol. The third-order valence-electron chi connectivity index (χ3n) is 5.22. The van der Waals surface area contributed by atoms with Crippen LogP contribution in [0.1, 0.15) is 37.7 Å². The Bertz CT molecular complexity index is 835. The topological polar surface area (TPSA) is 30.5 Å². The smallest absolute Gasteiger partial charge is 0.165 e. The van der Waals surface area contributed by atoms with E-state index in [1.54, 1.807) is 6.07 Å². The molecule has 6 heteroatoms. The first-order chi connectivity index (χ1) is 13.1. The van der Waals surface area contributed by atoms with Gasteiger partial charge in [-0.15, -0.1) is 0 Å². The number of hydrogen-bond donors (Lipinski definition) is 1. The van der Waals surface area contributed by atoms with Crippen molar-refractivity contribution in [2.24, 2.45) is 0 Å². The number of nitrogens with one attached hydrogen (secondary N) is 1. The number of piperidine rings is 1. The summed E-state index contributed by atoms with van der Waals surface area (Å²) in [7, 11) is 0. The summed E-state index contributed by atoms with van der Waals surface area (Å²) < 4.78 is 41.1. The van der Waals surface area contributed by atoms with Gasteiger partial charge in [-0.05, 0) is 49.2 Å². The van der Waals surface area contributed by atoms with Crippen molar-refractivity contribution >= 4 is 11.6 Å². The molecule has 0 radical (unpaired) electrons. The molecule has 0 bridgehead atoms. The second-order valence-corrected chi connectivity index (χ2v) is 7.53. The van der Waals surface area contributed by atoms with Crippen LogP contribution in [0.25, 0.3) is 11.1 Å². The molecule has 2 aromatic carbocycles. The molecule has 0 amide bonds. The van der Waals surface area contributed by atoms with Crippen molar-refractivity contribution in [3.63, 3.8) is 0 Å². The number of fused-ring (bicyclic) bond motifs is 3. The normalized spacial score (nSPS) is 20.7. The Hall–Kier alpha value is -1.85. The van der Waals surface area contributed by atoms with Gasteiger partial charge in [0, 0.05) is 23.0 Å². The maximum atomic E-state index is 14.5. The summed E-state index contributed by atoms with van der Waals surface area (Å²) in [5, 5.41) is 3.41. The predicted octanol–water partition coefficient (Wildman–Crippen LogP) is 5.30. The van der Waals surface area contributed by atoms with Crippen LogP contribution >= 0.6 is 11.6 Å². The molecule has 1 N–H and O–H groups in total. The molecule has 2 atom stereocenters. The Labute approximate surface area is 162 Å². The Morgan fingerprint density at radius 3 is 2.74 bits per heavy atom. The van der Waals surface area contributed by atoms with Crippen molar-refractivity contribution in [3.8, 4) is 22.6 Å². The van der Waals surface area contributed by atoms with Gasteiger partial charge in [0.1, 0.15) is 17.7 Å². The quantitative estimate of drug-likeness (QED) is 0.699. The monoisotopic (exact) mass is 393 g/mol. The molecule has 1 fully saturated rings. The largest absolute Gasteiger partial charge is 0.490 e. The predicted molar refractivity (Wildman–Crippen MR) is 102 cm³/mol. The van der Waals surface area contributed by atoms with E-state index in [0.29, 0.717) is 23.7 Å². The Morgan fingerprint density at radius 2 is 2.00 bits per heavy atom. The average molecular weight is 394 g/mol. The molecule has 0 aliphatic carbocycles. The second kappa shape index (κ2) is 7.64. The maximum absolute atomic E-state index is 14.5. The molecule has 2 unspecified atom stereocenters. The van der Waals surface area contributed by atoms with Crippen LogP contribution in [0.3, 0.4) is 0 Å². The third-order valence-corrected chi connectivity index (χ3v) is 5.44. The lowest BCUT2D eigenvalue weighted by atomic mass is 9.89. The van der Waals surface area contributed by atoms with Gasteiger partial charge < -0.3 is 14.8 Å². The van der Waals surface area contributed by atoms with Crippen LogP contribution in [0.5, 0.6) is 11.5 Å². The molecule has 27 heavy (non-hydrogen) atoms. The zero-order valence-corrected chi connectivity index (χ0v) is 15.9. The van der Waals surface area contributed by atoms with Crippen LogP contribution in [0.2, 0.25) is 5.02 Å². The maximum Gasteiger partial charge on any atom is 0.165 e. The van der Waals surface area contributed by atoms with E-state index in [9.17, 15) is 8.78 Å². The van der Waals surface area contributed by atoms with Crippen molar-refractivity contribution in [1.29, 1.82) is 0 Å². The zero-order valence-electron chi connectivity index (χ0n) is 15.2. The van der Waals surface area contributed by atoms with Gasteiger partial charge in [0.05, 0.1) is 12.2 Å². The van der Waals surface area contributed by atoms with Crippen molar-refractivity contribution in [2.75, 3.05) is 19.7 Å². The lowest BCUT2D eigenvalue weighted by Gasteiger charge is -2.24. The van der Waals surface area contributed by atoms with Crippen LogP contribution < -0.4 is 14.8 Å². The summed E-state index contributed by atoms with van der Waals surface area (Å²) in [6.45, 7) is 4.30. The lowest BCUT2D eigenvalue weighted by Crippen LogP contribution is -2.37. The van der Waals surface area contributed by atoms with Crippen molar-refractivity contribution in [1.82, 2.24) is 5.32 Å². The standard InChI is InChI=1S/C21H22ClF2NO2/c1-2-3-6-26-19-8-12(20-16(23)9-13(22)10-17(20)24)7-14-15-11-25-5-4-18(15)27-21(14)19/h7-10,15,18,25H,2-6,11H2,1H3. The summed E-state index contributed by atoms with van der Waals surface area (Å²) >= 11 is 5.78. The van der Waals surface area contributed by atoms with Gasteiger partial charge in [0.2, 0.25) is 0 Å². The minimum atomic E-state index is -0.684.